The Bertz CT molecular complexity index is 667. The van der Waals surface area contributed by atoms with Crippen molar-refractivity contribution in [3.05, 3.63) is 46.1 Å². The molecule has 0 unspecified atom stereocenters. The first-order chi connectivity index (χ1) is 10.1. The first-order valence-corrected chi connectivity index (χ1v) is 8.57. The maximum atomic E-state index is 10.8. The Morgan fingerprint density at radius 1 is 1.43 bits per heavy atom. The van der Waals surface area contributed by atoms with Gasteiger partial charge in [-0.1, -0.05) is 45.9 Å². The van der Waals surface area contributed by atoms with E-state index in [0.717, 1.165) is 20.8 Å². The van der Waals surface area contributed by atoms with Gasteiger partial charge >= 0.3 is 5.97 Å². The monoisotopic (exact) mass is 366 g/mol. The number of aromatic nitrogens is 2. The van der Waals surface area contributed by atoms with E-state index < -0.39 is 5.97 Å². The lowest BCUT2D eigenvalue weighted by molar-refractivity contribution is -0.133. The number of benzene rings is 1. The molecular formula is C15H15BrN2O2S. The van der Waals surface area contributed by atoms with Gasteiger partial charge in [0.15, 0.2) is 0 Å². The van der Waals surface area contributed by atoms with Gasteiger partial charge in [0.25, 0.3) is 0 Å². The predicted octanol–water partition coefficient (Wildman–Crippen LogP) is 3.75. The molecule has 0 bridgehead atoms. The summed E-state index contributed by atoms with van der Waals surface area (Å²) >= 11 is 4.88. The fourth-order valence-electron chi connectivity index (χ4n) is 2.15. The molecule has 1 heterocycles. The number of carbonyl (C=O) groups is 1. The molecule has 1 aromatic heterocycles. The van der Waals surface area contributed by atoms with E-state index in [4.69, 9.17) is 5.11 Å². The van der Waals surface area contributed by atoms with Gasteiger partial charge in [0.1, 0.15) is 0 Å². The maximum absolute atomic E-state index is 10.8. The molecule has 1 N–H and O–H groups in total. The number of rotatable bonds is 6. The van der Waals surface area contributed by atoms with E-state index in [2.05, 4.69) is 21.0 Å². The quantitative estimate of drug-likeness (QED) is 0.791. The highest BCUT2D eigenvalue weighted by atomic mass is 79.9. The van der Waals surface area contributed by atoms with Crippen molar-refractivity contribution < 1.29 is 9.90 Å². The largest absolute Gasteiger partial charge is 0.481 e. The topological polar surface area (TPSA) is 55.1 Å². The molecular weight excluding hydrogens is 352 g/mol. The van der Waals surface area contributed by atoms with E-state index in [1.807, 2.05) is 35.0 Å². The molecule has 0 radical (unpaired) electrons. The molecule has 6 heteroatoms. The van der Waals surface area contributed by atoms with E-state index in [-0.39, 0.29) is 5.75 Å². The highest BCUT2D eigenvalue weighted by Crippen LogP contribution is 2.40. The van der Waals surface area contributed by atoms with Crippen molar-refractivity contribution in [2.24, 2.45) is 0 Å². The summed E-state index contributed by atoms with van der Waals surface area (Å²) in [5.74, 6) is -0.178. The van der Waals surface area contributed by atoms with Crippen molar-refractivity contribution in [1.82, 2.24) is 9.78 Å². The normalized spacial score (nSPS) is 14.3. The van der Waals surface area contributed by atoms with Crippen LogP contribution in [-0.2, 0) is 11.3 Å². The number of carboxylic acids is 1. The molecule has 3 rings (SSSR count). The summed E-state index contributed by atoms with van der Waals surface area (Å²) in [5, 5.41) is 14.5. The van der Waals surface area contributed by atoms with Gasteiger partial charge in [-0.25, -0.2) is 0 Å². The smallest absolute Gasteiger partial charge is 0.313 e. The summed E-state index contributed by atoms with van der Waals surface area (Å²) < 4.78 is 2.96. The third-order valence-corrected chi connectivity index (χ3v) is 5.17. The number of thioether (sulfide) groups is 1. The average molecular weight is 367 g/mol. The molecule has 4 nitrogen and oxygen atoms in total. The van der Waals surface area contributed by atoms with Crippen molar-refractivity contribution >= 4 is 33.7 Å². The van der Waals surface area contributed by atoms with Crippen LogP contribution in [0.5, 0.6) is 0 Å². The van der Waals surface area contributed by atoms with Crippen molar-refractivity contribution in [3.8, 4) is 0 Å². The zero-order chi connectivity index (χ0) is 14.8. The number of nitrogens with zero attached hydrogens (tertiary/aromatic N) is 2. The van der Waals surface area contributed by atoms with Crippen molar-refractivity contribution in [3.63, 3.8) is 0 Å². The lowest BCUT2D eigenvalue weighted by Crippen LogP contribution is -2.06. The number of halogens is 1. The molecule has 1 fully saturated rings. The molecule has 1 aromatic carbocycles. The summed E-state index contributed by atoms with van der Waals surface area (Å²) in [6.45, 7) is 0.649. The van der Waals surface area contributed by atoms with Gasteiger partial charge in [-0.05, 0) is 30.5 Å². The molecule has 0 atom stereocenters. The van der Waals surface area contributed by atoms with Gasteiger partial charge in [0.2, 0.25) is 0 Å². The van der Waals surface area contributed by atoms with E-state index in [0.29, 0.717) is 12.5 Å². The molecule has 110 valence electrons. The number of hydrogen-bond donors (Lipinski definition) is 1. The Morgan fingerprint density at radius 3 is 2.86 bits per heavy atom. The van der Waals surface area contributed by atoms with Crippen LogP contribution < -0.4 is 0 Å². The molecule has 21 heavy (non-hydrogen) atoms. The average Bonchev–Trinajstić information content (AvgIpc) is 3.22. The van der Waals surface area contributed by atoms with E-state index in [1.54, 1.807) is 0 Å². The Hall–Kier alpha value is -1.27. The van der Waals surface area contributed by atoms with Crippen LogP contribution >= 0.6 is 27.7 Å². The molecule has 1 aliphatic carbocycles. The first-order valence-electron chi connectivity index (χ1n) is 6.79. The fourth-order valence-corrected chi connectivity index (χ4v) is 3.29. The fraction of sp³-hybridized carbons (Fsp3) is 0.333. The van der Waals surface area contributed by atoms with Crippen LogP contribution in [-0.4, -0.2) is 26.6 Å². The van der Waals surface area contributed by atoms with Crippen LogP contribution in [0.15, 0.2) is 39.8 Å². The van der Waals surface area contributed by atoms with Gasteiger partial charge in [0, 0.05) is 10.4 Å². The second-order valence-electron chi connectivity index (χ2n) is 5.11. The van der Waals surface area contributed by atoms with E-state index in [9.17, 15) is 4.79 Å². The Kier molecular flexibility index (Phi) is 4.35. The van der Waals surface area contributed by atoms with Crippen molar-refractivity contribution in [1.29, 1.82) is 0 Å². The van der Waals surface area contributed by atoms with Gasteiger partial charge in [-0.3, -0.25) is 9.48 Å². The van der Waals surface area contributed by atoms with Crippen LogP contribution in [0, 0.1) is 0 Å². The number of hydrogen-bond acceptors (Lipinski definition) is 3. The molecule has 0 amide bonds. The second kappa shape index (κ2) is 6.23. The summed E-state index contributed by atoms with van der Waals surface area (Å²) in [7, 11) is 0. The minimum atomic E-state index is -0.804. The van der Waals surface area contributed by atoms with Gasteiger partial charge in [-0.15, -0.1) is 0 Å². The summed E-state index contributed by atoms with van der Waals surface area (Å²) in [4.78, 5) is 10.8. The summed E-state index contributed by atoms with van der Waals surface area (Å²) in [5.41, 5.74) is 2.23. The van der Waals surface area contributed by atoms with Crippen LogP contribution in [0.2, 0.25) is 0 Å². The van der Waals surface area contributed by atoms with Crippen LogP contribution in [0.4, 0.5) is 0 Å². The highest BCUT2D eigenvalue weighted by Gasteiger charge is 2.27. The lowest BCUT2D eigenvalue weighted by atomic mass is 10.2. The third-order valence-electron chi connectivity index (χ3n) is 3.38. The first kappa shape index (κ1) is 14.7. The molecule has 1 aliphatic rings. The molecule has 2 aromatic rings. The van der Waals surface area contributed by atoms with Crippen molar-refractivity contribution in [2.75, 3.05) is 5.75 Å². The van der Waals surface area contributed by atoms with E-state index in [1.165, 1.54) is 24.6 Å². The molecule has 0 saturated heterocycles. The van der Waals surface area contributed by atoms with Crippen LogP contribution in [0.3, 0.4) is 0 Å². The number of carboxylic acid groups (broad SMARTS) is 1. The van der Waals surface area contributed by atoms with Crippen molar-refractivity contribution in [2.45, 2.75) is 30.3 Å². The van der Waals surface area contributed by atoms with Crippen LogP contribution in [0.25, 0.3) is 0 Å². The summed E-state index contributed by atoms with van der Waals surface area (Å²) in [6, 6.07) is 10.1. The molecule has 0 spiro atoms. The van der Waals surface area contributed by atoms with Gasteiger partial charge < -0.3 is 5.11 Å². The standard InChI is InChI=1S/C15H15BrN2O2S/c16-12-4-2-1-3-11(12)8-18-14(21-9-15(19)20)7-13(17-18)10-5-6-10/h1-4,7,10H,5-6,8-9H2,(H,19,20). The molecule has 0 aliphatic heterocycles. The lowest BCUT2D eigenvalue weighted by Gasteiger charge is -2.08. The third kappa shape index (κ3) is 3.68. The molecule has 1 saturated carbocycles. The Labute approximate surface area is 135 Å². The SMILES string of the molecule is O=C(O)CSc1cc(C2CC2)nn1Cc1ccccc1Br. The van der Waals surface area contributed by atoms with E-state index >= 15 is 0 Å². The Balaban J connectivity index is 1.84. The predicted molar refractivity (Wildman–Crippen MR) is 85.8 cm³/mol. The number of aliphatic carboxylic acids is 1. The minimum Gasteiger partial charge on any atom is -0.481 e. The minimum absolute atomic E-state index is 0.0613. The highest BCUT2D eigenvalue weighted by molar-refractivity contribution is 9.10. The van der Waals surface area contributed by atoms with Gasteiger partial charge in [0.05, 0.1) is 23.0 Å². The Morgan fingerprint density at radius 2 is 2.19 bits per heavy atom. The van der Waals surface area contributed by atoms with Crippen LogP contribution in [0.1, 0.15) is 30.0 Å². The zero-order valence-corrected chi connectivity index (χ0v) is 13.7. The zero-order valence-electron chi connectivity index (χ0n) is 11.3. The maximum Gasteiger partial charge on any atom is 0.313 e. The second-order valence-corrected chi connectivity index (χ2v) is 6.96. The van der Waals surface area contributed by atoms with Gasteiger partial charge in [-0.2, -0.15) is 5.10 Å². The summed E-state index contributed by atoms with van der Waals surface area (Å²) in [6.07, 6.45) is 2.38.